The van der Waals surface area contributed by atoms with Crippen molar-refractivity contribution in [2.45, 2.75) is 18.7 Å². The van der Waals surface area contributed by atoms with E-state index in [-0.39, 0.29) is 12.5 Å². The average molecular weight is 348 g/mol. The van der Waals surface area contributed by atoms with E-state index in [0.29, 0.717) is 12.3 Å². The van der Waals surface area contributed by atoms with Crippen LogP contribution in [-0.2, 0) is 4.79 Å². The summed E-state index contributed by atoms with van der Waals surface area (Å²) in [6.45, 7) is 4.60. The number of fused-ring (bicyclic) bond motifs is 1. The zero-order chi connectivity index (χ0) is 16.4. The summed E-state index contributed by atoms with van der Waals surface area (Å²) >= 11 is 7.94. The molecule has 0 unspecified atom stereocenters. The number of nitrogens with zero attached hydrogens (tertiary/aromatic N) is 1. The highest BCUT2D eigenvalue weighted by Gasteiger charge is 2.22. The van der Waals surface area contributed by atoms with Gasteiger partial charge in [0.2, 0.25) is 0 Å². The van der Waals surface area contributed by atoms with Crippen molar-refractivity contribution in [3.63, 3.8) is 0 Å². The van der Waals surface area contributed by atoms with Gasteiger partial charge in [-0.15, -0.1) is 11.8 Å². The standard InChI is InChI=1S/C18H18ClNO2S/c1-12-9-14(10-13(2)18(12)19)22-11-17(21)20-7-8-23-16-6-4-3-5-15(16)20/h3-6,9-10H,7-8,11H2,1-2H3. The van der Waals surface area contributed by atoms with E-state index in [9.17, 15) is 4.79 Å². The summed E-state index contributed by atoms with van der Waals surface area (Å²) < 4.78 is 5.70. The van der Waals surface area contributed by atoms with Gasteiger partial charge in [0.05, 0.1) is 5.69 Å². The molecule has 0 saturated heterocycles. The number of carbonyl (C=O) groups is 1. The van der Waals surface area contributed by atoms with E-state index >= 15 is 0 Å². The molecule has 0 radical (unpaired) electrons. The van der Waals surface area contributed by atoms with Crippen LogP contribution in [0.2, 0.25) is 5.02 Å². The van der Waals surface area contributed by atoms with Crippen LogP contribution in [0.4, 0.5) is 5.69 Å². The summed E-state index contributed by atoms with van der Waals surface area (Å²) in [5.41, 5.74) is 2.88. The molecule has 0 aromatic heterocycles. The topological polar surface area (TPSA) is 29.5 Å². The summed E-state index contributed by atoms with van der Waals surface area (Å²) in [7, 11) is 0. The lowest BCUT2D eigenvalue weighted by molar-refractivity contribution is -0.120. The molecule has 0 aliphatic carbocycles. The smallest absolute Gasteiger partial charge is 0.264 e. The molecule has 1 aliphatic rings. The number of aryl methyl sites for hydroxylation is 2. The molecule has 0 N–H and O–H groups in total. The second kappa shape index (κ2) is 6.85. The van der Waals surface area contributed by atoms with Crippen LogP contribution in [0.5, 0.6) is 5.75 Å². The van der Waals surface area contributed by atoms with Crippen LogP contribution in [0.1, 0.15) is 11.1 Å². The van der Waals surface area contributed by atoms with E-state index in [1.54, 1.807) is 11.8 Å². The Labute approximate surface area is 145 Å². The molecule has 2 aromatic rings. The highest BCUT2D eigenvalue weighted by atomic mass is 35.5. The Bertz CT molecular complexity index is 725. The van der Waals surface area contributed by atoms with Crippen molar-refractivity contribution in [3.8, 4) is 5.75 Å². The zero-order valence-electron chi connectivity index (χ0n) is 13.1. The third-order valence-corrected chi connectivity index (χ3v) is 5.44. The molecule has 1 amide bonds. The first-order valence-corrected chi connectivity index (χ1v) is 8.84. The molecule has 3 nitrogen and oxygen atoms in total. The molecule has 1 aliphatic heterocycles. The molecule has 23 heavy (non-hydrogen) atoms. The van der Waals surface area contributed by atoms with E-state index in [1.165, 1.54) is 0 Å². The third kappa shape index (κ3) is 3.48. The summed E-state index contributed by atoms with van der Waals surface area (Å²) in [4.78, 5) is 15.5. The summed E-state index contributed by atoms with van der Waals surface area (Å²) in [5.74, 6) is 1.56. The highest BCUT2D eigenvalue weighted by Crippen LogP contribution is 2.34. The molecular formula is C18H18ClNO2S. The molecule has 0 spiro atoms. The fourth-order valence-corrected chi connectivity index (χ4v) is 3.74. The average Bonchev–Trinajstić information content (AvgIpc) is 2.57. The summed E-state index contributed by atoms with van der Waals surface area (Å²) in [6, 6.07) is 11.7. The van der Waals surface area contributed by atoms with Crippen molar-refractivity contribution in [1.82, 2.24) is 0 Å². The predicted molar refractivity (Wildman–Crippen MR) is 95.9 cm³/mol. The van der Waals surface area contributed by atoms with Crippen molar-refractivity contribution in [2.75, 3.05) is 23.8 Å². The van der Waals surface area contributed by atoms with Gasteiger partial charge >= 0.3 is 0 Å². The van der Waals surface area contributed by atoms with Crippen molar-refractivity contribution < 1.29 is 9.53 Å². The van der Waals surface area contributed by atoms with Crippen LogP contribution in [0, 0.1) is 13.8 Å². The fourth-order valence-electron chi connectivity index (χ4n) is 2.64. The lowest BCUT2D eigenvalue weighted by Gasteiger charge is -2.28. The van der Waals surface area contributed by atoms with Gasteiger partial charge in [0.25, 0.3) is 5.91 Å². The Kier molecular flexibility index (Phi) is 4.83. The van der Waals surface area contributed by atoms with E-state index < -0.39 is 0 Å². The first-order valence-electron chi connectivity index (χ1n) is 7.48. The largest absolute Gasteiger partial charge is 0.484 e. The third-order valence-electron chi connectivity index (χ3n) is 3.80. The summed E-state index contributed by atoms with van der Waals surface area (Å²) in [5, 5.41) is 0.741. The minimum Gasteiger partial charge on any atom is -0.484 e. The summed E-state index contributed by atoms with van der Waals surface area (Å²) in [6.07, 6.45) is 0. The normalized spacial score (nSPS) is 13.6. The molecule has 0 fully saturated rings. The van der Waals surface area contributed by atoms with Gasteiger partial charge in [0, 0.05) is 22.2 Å². The predicted octanol–water partition coefficient (Wildman–Crippen LogP) is 4.47. The highest BCUT2D eigenvalue weighted by molar-refractivity contribution is 7.99. The van der Waals surface area contributed by atoms with Gasteiger partial charge in [-0.2, -0.15) is 0 Å². The van der Waals surface area contributed by atoms with Crippen molar-refractivity contribution in [2.24, 2.45) is 0 Å². The van der Waals surface area contributed by atoms with Crippen molar-refractivity contribution in [1.29, 1.82) is 0 Å². The maximum atomic E-state index is 12.5. The van der Waals surface area contributed by atoms with Crippen LogP contribution >= 0.6 is 23.4 Å². The minimum atomic E-state index is -0.0250. The molecule has 0 saturated carbocycles. The molecule has 0 bridgehead atoms. The van der Waals surface area contributed by atoms with Gasteiger partial charge in [-0.3, -0.25) is 4.79 Å². The van der Waals surface area contributed by atoms with E-state index in [2.05, 4.69) is 0 Å². The van der Waals surface area contributed by atoms with Crippen LogP contribution in [0.3, 0.4) is 0 Å². The van der Waals surface area contributed by atoms with Crippen LogP contribution in [0.25, 0.3) is 0 Å². The number of thioether (sulfide) groups is 1. The Morgan fingerprint density at radius 2 is 1.96 bits per heavy atom. The molecule has 5 heteroatoms. The maximum Gasteiger partial charge on any atom is 0.264 e. The number of hydrogen-bond donors (Lipinski definition) is 0. The Balaban J connectivity index is 1.71. The Hall–Kier alpha value is -1.65. The van der Waals surface area contributed by atoms with Gasteiger partial charge in [-0.1, -0.05) is 23.7 Å². The second-order valence-corrected chi connectivity index (χ2v) is 7.04. The molecule has 120 valence electrons. The van der Waals surface area contributed by atoms with E-state index in [1.807, 2.05) is 55.1 Å². The van der Waals surface area contributed by atoms with Gasteiger partial charge in [-0.25, -0.2) is 0 Å². The molecule has 1 heterocycles. The second-order valence-electron chi connectivity index (χ2n) is 5.52. The lowest BCUT2D eigenvalue weighted by atomic mass is 10.1. The van der Waals surface area contributed by atoms with Gasteiger partial charge < -0.3 is 9.64 Å². The maximum absolute atomic E-state index is 12.5. The number of anilines is 1. The number of para-hydroxylation sites is 1. The molecule has 2 aromatic carbocycles. The van der Waals surface area contributed by atoms with Crippen LogP contribution in [-0.4, -0.2) is 24.8 Å². The van der Waals surface area contributed by atoms with Crippen molar-refractivity contribution in [3.05, 3.63) is 52.5 Å². The number of rotatable bonds is 3. The van der Waals surface area contributed by atoms with Gasteiger partial charge in [0.1, 0.15) is 5.75 Å². The van der Waals surface area contributed by atoms with E-state index in [4.69, 9.17) is 16.3 Å². The quantitative estimate of drug-likeness (QED) is 0.820. The number of halogens is 1. The lowest BCUT2D eigenvalue weighted by Crippen LogP contribution is -2.38. The number of carbonyl (C=O) groups excluding carboxylic acids is 1. The SMILES string of the molecule is Cc1cc(OCC(=O)N2CCSc3ccccc32)cc(C)c1Cl. The number of benzene rings is 2. The Morgan fingerprint density at radius 3 is 2.70 bits per heavy atom. The Morgan fingerprint density at radius 1 is 1.26 bits per heavy atom. The van der Waals surface area contributed by atoms with Crippen LogP contribution in [0.15, 0.2) is 41.3 Å². The first kappa shape index (κ1) is 16.2. The van der Waals surface area contributed by atoms with Crippen LogP contribution < -0.4 is 9.64 Å². The monoisotopic (exact) mass is 347 g/mol. The number of amides is 1. The van der Waals surface area contributed by atoms with Gasteiger partial charge in [-0.05, 0) is 49.2 Å². The van der Waals surface area contributed by atoms with Crippen molar-refractivity contribution >= 4 is 35.0 Å². The first-order chi connectivity index (χ1) is 11.1. The molecule has 0 atom stereocenters. The zero-order valence-corrected chi connectivity index (χ0v) is 14.7. The minimum absolute atomic E-state index is 0.0250. The van der Waals surface area contributed by atoms with E-state index in [0.717, 1.165) is 32.5 Å². The van der Waals surface area contributed by atoms with Gasteiger partial charge in [0.15, 0.2) is 6.61 Å². The molecular weight excluding hydrogens is 330 g/mol. The number of hydrogen-bond acceptors (Lipinski definition) is 3. The fraction of sp³-hybridized carbons (Fsp3) is 0.278. The number of ether oxygens (including phenoxy) is 1. The molecule has 3 rings (SSSR count).